The number of allylic oxidation sites excluding steroid dienone is 6. The second-order valence-corrected chi connectivity index (χ2v) is 12.2. The number of fused-ring (bicyclic) bond motifs is 5. The minimum Gasteiger partial charge on any atom is -0.466 e. The summed E-state index contributed by atoms with van der Waals surface area (Å²) in [5, 5.41) is 0. The van der Waals surface area contributed by atoms with Crippen LogP contribution < -0.4 is 0 Å². The molecule has 4 rings (SSSR count). The van der Waals surface area contributed by atoms with E-state index in [0.29, 0.717) is 29.3 Å². The summed E-state index contributed by atoms with van der Waals surface area (Å²) >= 11 is 0. The van der Waals surface area contributed by atoms with Gasteiger partial charge < -0.3 is 4.74 Å². The van der Waals surface area contributed by atoms with Gasteiger partial charge in [-0.1, -0.05) is 77.7 Å². The van der Waals surface area contributed by atoms with Crippen molar-refractivity contribution in [3.8, 4) is 0 Å². The lowest BCUT2D eigenvalue weighted by atomic mass is 9.54. The van der Waals surface area contributed by atoms with Crippen LogP contribution in [0.25, 0.3) is 0 Å². The van der Waals surface area contributed by atoms with Gasteiger partial charge in [0.2, 0.25) is 0 Å². The number of carbonyl (C=O) groups excluding carboxylic acids is 1. The topological polar surface area (TPSA) is 26.3 Å². The summed E-state index contributed by atoms with van der Waals surface area (Å²) in [4.78, 5) is 11.1. The van der Waals surface area contributed by atoms with E-state index < -0.39 is 0 Å². The van der Waals surface area contributed by atoms with E-state index in [9.17, 15) is 4.79 Å². The first kappa shape index (κ1) is 23.8. The van der Waals surface area contributed by atoms with Gasteiger partial charge in [-0.15, -0.1) is 0 Å². The molecule has 0 N–H and O–H groups in total. The molecule has 4 aliphatic rings. The molecule has 2 saturated carbocycles. The summed E-state index contributed by atoms with van der Waals surface area (Å²) in [5.41, 5.74) is 5.84. The van der Waals surface area contributed by atoms with Crippen molar-refractivity contribution in [2.75, 3.05) is 6.61 Å². The van der Waals surface area contributed by atoms with Gasteiger partial charge in [0.05, 0.1) is 6.61 Å². The third kappa shape index (κ3) is 4.16. The second-order valence-electron chi connectivity index (χ2n) is 12.2. The lowest BCUT2D eigenvalue weighted by molar-refractivity contribution is -0.142. The van der Waals surface area contributed by atoms with Crippen LogP contribution in [0.5, 0.6) is 0 Å². The monoisotopic (exact) mass is 438 g/mol. The highest BCUT2D eigenvalue weighted by Gasteiger charge is 2.53. The van der Waals surface area contributed by atoms with Crippen molar-refractivity contribution < 1.29 is 9.53 Å². The summed E-state index contributed by atoms with van der Waals surface area (Å²) in [6, 6.07) is 0. The summed E-state index contributed by atoms with van der Waals surface area (Å²) in [5.74, 6) is 3.17. The molecule has 0 bridgehead atoms. The van der Waals surface area contributed by atoms with E-state index in [-0.39, 0.29) is 5.97 Å². The quantitative estimate of drug-likeness (QED) is 0.376. The number of hydrogen-bond acceptors (Lipinski definition) is 2. The highest BCUT2D eigenvalue weighted by molar-refractivity contribution is 5.65. The van der Waals surface area contributed by atoms with Crippen molar-refractivity contribution in [1.29, 1.82) is 0 Å². The van der Waals surface area contributed by atoms with Crippen LogP contribution in [0.1, 0.15) is 99.3 Å². The Morgan fingerprint density at radius 1 is 1.09 bits per heavy atom. The van der Waals surface area contributed by atoms with Crippen LogP contribution in [0.3, 0.4) is 0 Å². The molecular formula is C30H46O2. The third-order valence-electron chi connectivity index (χ3n) is 10.3. The molecule has 0 radical (unpaired) electrons. The molecule has 2 nitrogen and oxygen atoms in total. The number of carbonyl (C=O) groups is 1. The highest BCUT2D eigenvalue weighted by atomic mass is 16.5. The maximum atomic E-state index is 11.1. The molecular weight excluding hydrogens is 392 g/mol. The molecule has 32 heavy (non-hydrogen) atoms. The maximum Gasteiger partial charge on any atom is 0.302 e. The molecule has 0 spiro atoms. The Morgan fingerprint density at radius 3 is 2.62 bits per heavy atom. The molecule has 0 aromatic rings. The zero-order valence-corrected chi connectivity index (χ0v) is 21.5. The Kier molecular flexibility index (Phi) is 6.81. The third-order valence-corrected chi connectivity index (χ3v) is 10.3. The lowest BCUT2D eigenvalue weighted by Gasteiger charge is -2.50. The SMILES string of the molecule is CC(=O)OCC(C)C(C)CC[C@@H](C)[C@H]1CC[C@H]2C3=CC=C4CCCC[C@]4(C)C3=CC[C@]12C. The zero-order valence-electron chi connectivity index (χ0n) is 21.5. The largest absolute Gasteiger partial charge is 0.466 e. The second kappa shape index (κ2) is 9.15. The Balaban J connectivity index is 1.43. The average molecular weight is 439 g/mol. The molecule has 0 aromatic heterocycles. The average Bonchev–Trinajstić information content (AvgIpc) is 3.12. The van der Waals surface area contributed by atoms with Crippen LogP contribution in [0, 0.1) is 40.4 Å². The molecule has 2 fully saturated rings. The van der Waals surface area contributed by atoms with Crippen LogP contribution >= 0.6 is 0 Å². The van der Waals surface area contributed by atoms with Gasteiger partial charge in [0.15, 0.2) is 0 Å². The van der Waals surface area contributed by atoms with Crippen molar-refractivity contribution in [2.24, 2.45) is 40.4 Å². The van der Waals surface area contributed by atoms with Crippen molar-refractivity contribution >= 4 is 5.97 Å². The number of ether oxygens (including phenoxy) is 1. The predicted molar refractivity (Wildman–Crippen MR) is 133 cm³/mol. The maximum absolute atomic E-state index is 11.1. The van der Waals surface area contributed by atoms with E-state index in [1.54, 1.807) is 16.7 Å². The molecule has 178 valence electrons. The summed E-state index contributed by atoms with van der Waals surface area (Å²) in [6.45, 7) is 14.3. The Bertz CT molecular complexity index is 817. The number of rotatable bonds is 7. The number of hydrogen-bond donors (Lipinski definition) is 0. The predicted octanol–water partition coefficient (Wildman–Crippen LogP) is 8.05. The summed E-state index contributed by atoms with van der Waals surface area (Å²) < 4.78 is 5.26. The molecule has 0 saturated heterocycles. The number of esters is 1. The van der Waals surface area contributed by atoms with E-state index in [1.165, 1.54) is 64.7 Å². The summed E-state index contributed by atoms with van der Waals surface area (Å²) in [7, 11) is 0. The fraction of sp³-hybridized carbons (Fsp3) is 0.767. The molecule has 2 heteroatoms. The van der Waals surface area contributed by atoms with Crippen LogP contribution in [0.15, 0.2) is 34.9 Å². The van der Waals surface area contributed by atoms with E-state index in [4.69, 9.17) is 4.74 Å². The Hall–Kier alpha value is -1.31. The van der Waals surface area contributed by atoms with Gasteiger partial charge in [0.1, 0.15) is 0 Å². The first-order chi connectivity index (χ1) is 15.2. The molecule has 7 atom stereocenters. The van der Waals surface area contributed by atoms with Gasteiger partial charge in [0.25, 0.3) is 0 Å². The Morgan fingerprint density at radius 2 is 1.88 bits per heavy atom. The van der Waals surface area contributed by atoms with Crippen LogP contribution in [0.4, 0.5) is 0 Å². The molecule has 0 heterocycles. The van der Waals surface area contributed by atoms with Crippen LogP contribution in [0.2, 0.25) is 0 Å². The summed E-state index contributed by atoms with van der Waals surface area (Å²) in [6.07, 6.45) is 19.6. The molecule has 2 unspecified atom stereocenters. The first-order valence-corrected chi connectivity index (χ1v) is 13.4. The smallest absolute Gasteiger partial charge is 0.302 e. The van der Waals surface area contributed by atoms with Crippen molar-refractivity contribution in [1.82, 2.24) is 0 Å². The van der Waals surface area contributed by atoms with Gasteiger partial charge in [-0.25, -0.2) is 0 Å². The standard InChI is InChI=1S/C30H46O2/c1-20(22(3)19-32-23(4)31)10-11-21(2)26-14-15-27-25-13-12-24-9-7-8-17-29(24,5)28(25)16-18-30(26,27)6/h12-13,16,20-22,26-27H,7-11,14-15,17-19H2,1-6H3/t20?,21-,22?,26-,27+,29+,30-/m1/s1. The Labute approximate surface area is 197 Å². The van der Waals surface area contributed by atoms with E-state index >= 15 is 0 Å². The van der Waals surface area contributed by atoms with E-state index in [0.717, 1.165) is 17.8 Å². The minimum atomic E-state index is -0.159. The van der Waals surface area contributed by atoms with E-state index in [1.807, 2.05) is 0 Å². The van der Waals surface area contributed by atoms with Crippen LogP contribution in [-0.2, 0) is 9.53 Å². The normalized spacial score (nSPS) is 36.5. The van der Waals surface area contributed by atoms with Crippen molar-refractivity contribution in [2.45, 2.75) is 99.3 Å². The van der Waals surface area contributed by atoms with Gasteiger partial charge in [-0.2, -0.15) is 0 Å². The van der Waals surface area contributed by atoms with Gasteiger partial charge in [-0.3, -0.25) is 4.79 Å². The fourth-order valence-electron chi connectivity index (χ4n) is 7.80. The molecule has 0 amide bonds. The zero-order chi connectivity index (χ0) is 23.1. The van der Waals surface area contributed by atoms with E-state index in [2.05, 4.69) is 52.8 Å². The fourth-order valence-corrected chi connectivity index (χ4v) is 7.80. The first-order valence-electron chi connectivity index (χ1n) is 13.4. The van der Waals surface area contributed by atoms with Crippen molar-refractivity contribution in [3.05, 3.63) is 34.9 Å². The van der Waals surface area contributed by atoms with Gasteiger partial charge in [0, 0.05) is 12.3 Å². The highest BCUT2D eigenvalue weighted by Crippen LogP contribution is 2.64. The van der Waals surface area contributed by atoms with Crippen LogP contribution in [-0.4, -0.2) is 12.6 Å². The van der Waals surface area contributed by atoms with Crippen molar-refractivity contribution in [3.63, 3.8) is 0 Å². The minimum absolute atomic E-state index is 0.159. The molecule has 0 aromatic carbocycles. The molecule has 4 aliphatic carbocycles. The lowest BCUT2D eigenvalue weighted by Crippen LogP contribution is -2.40. The van der Waals surface area contributed by atoms with Gasteiger partial charge in [-0.05, 0) is 84.7 Å². The van der Waals surface area contributed by atoms with Gasteiger partial charge >= 0.3 is 5.97 Å². The molecule has 0 aliphatic heterocycles.